The number of aryl methyl sites for hydroxylation is 2. The van der Waals surface area contributed by atoms with Gasteiger partial charge in [0.05, 0.1) is 5.69 Å². The summed E-state index contributed by atoms with van der Waals surface area (Å²) in [6.07, 6.45) is 3.19. The topological polar surface area (TPSA) is 101 Å². The van der Waals surface area contributed by atoms with Gasteiger partial charge in [0.2, 0.25) is 5.91 Å². The minimum atomic E-state index is -0.795. The Morgan fingerprint density at radius 1 is 0.919 bits per heavy atom. The van der Waals surface area contributed by atoms with Crippen molar-refractivity contribution in [3.05, 3.63) is 101 Å². The van der Waals surface area contributed by atoms with Gasteiger partial charge in [0, 0.05) is 28.4 Å². The number of barbiturate groups is 1. The van der Waals surface area contributed by atoms with Gasteiger partial charge in [-0.1, -0.05) is 54.1 Å². The first kappa shape index (κ1) is 23.7. The van der Waals surface area contributed by atoms with E-state index in [0.29, 0.717) is 16.9 Å². The molecule has 8 heteroatoms. The lowest BCUT2D eigenvalue weighted by Crippen LogP contribution is -2.54. The third kappa shape index (κ3) is 4.64. The summed E-state index contributed by atoms with van der Waals surface area (Å²) in [6.45, 7) is 3.79. The summed E-state index contributed by atoms with van der Waals surface area (Å²) in [5.41, 5.74) is 4.08. The Morgan fingerprint density at radius 3 is 2.38 bits per heavy atom. The van der Waals surface area contributed by atoms with E-state index in [1.165, 1.54) is 6.08 Å². The molecular formula is C29H24N4O4. The molecule has 0 unspecified atom stereocenters. The van der Waals surface area contributed by atoms with E-state index in [9.17, 15) is 19.2 Å². The fourth-order valence-electron chi connectivity index (χ4n) is 4.36. The Kier molecular flexibility index (Phi) is 6.15. The van der Waals surface area contributed by atoms with Crippen LogP contribution >= 0.6 is 0 Å². The Bertz CT molecular complexity index is 1600. The molecular weight excluding hydrogens is 468 g/mol. The number of carbonyl (C=O) groups is 4. The van der Waals surface area contributed by atoms with Gasteiger partial charge in [-0.05, 0) is 49.8 Å². The maximum atomic E-state index is 13.4. The molecule has 5 rings (SSSR count). The Labute approximate surface area is 213 Å². The Hall–Kier alpha value is -4.98. The fraction of sp³-hybridized carbons (Fsp3) is 0.103. The predicted octanol–water partition coefficient (Wildman–Crippen LogP) is 4.56. The van der Waals surface area contributed by atoms with Crippen molar-refractivity contribution < 1.29 is 19.2 Å². The molecule has 0 aliphatic carbocycles. The molecule has 37 heavy (non-hydrogen) atoms. The zero-order valence-corrected chi connectivity index (χ0v) is 20.3. The molecule has 0 radical (unpaired) electrons. The van der Waals surface area contributed by atoms with Gasteiger partial charge in [-0.25, -0.2) is 9.69 Å². The second-order valence-corrected chi connectivity index (χ2v) is 8.89. The molecule has 5 amide bonds. The van der Waals surface area contributed by atoms with Gasteiger partial charge in [0.15, 0.2) is 0 Å². The molecule has 0 saturated carbocycles. The highest BCUT2D eigenvalue weighted by Crippen LogP contribution is 2.28. The normalized spacial score (nSPS) is 14.8. The number of nitrogens with zero attached hydrogens (tertiary/aromatic N) is 2. The Morgan fingerprint density at radius 2 is 1.62 bits per heavy atom. The number of fused-ring (bicyclic) bond motifs is 1. The number of rotatable bonds is 5. The van der Waals surface area contributed by atoms with Crippen LogP contribution in [0.2, 0.25) is 0 Å². The van der Waals surface area contributed by atoms with Crippen LogP contribution in [0.1, 0.15) is 16.7 Å². The standard InChI is InChI=1S/C29H24N4O4/c1-18-11-13-21(14-12-18)30-26(34)17-32-16-20(22-8-4-6-10-25(22)32)15-23-27(35)31-29(37)33(28(23)36)24-9-5-3-7-19(24)2/h3-16H,17H2,1-2H3,(H,30,34)(H,31,35,37)/b23-15+. The van der Waals surface area contributed by atoms with E-state index in [-0.39, 0.29) is 18.0 Å². The van der Waals surface area contributed by atoms with Crippen LogP contribution in [0, 0.1) is 13.8 Å². The quantitative estimate of drug-likeness (QED) is 0.315. The van der Waals surface area contributed by atoms with Gasteiger partial charge in [0.25, 0.3) is 11.8 Å². The molecule has 2 heterocycles. The van der Waals surface area contributed by atoms with E-state index >= 15 is 0 Å². The van der Waals surface area contributed by atoms with Gasteiger partial charge < -0.3 is 9.88 Å². The van der Waals surface area contributed by atoms with Crippen LogP contribution in [0.5, 0.6) is 0 Å². The molecule has 8 nitrogen and oxygen atoms in total. The van der Waals surface area contributed by atoms with E-state index in [0.717, 1.165) is 26.9 Å². The monoisotopic (exact) mass is 492 g/mol. The molecule has 2 N–H and O–H groups in total. The molecule has 0 bridgehead atoms. The van der Waals surface area contributed by atoms with Crippen molar-refractivity contribution in [3.63, 3.8) is 0 Å². The maximum absolute atomic E-state index is 13.4. The lowest BCUT2D eigenvalue weighted by Gasteiger charge is -2.27. The van der Waals surface area contributed by atoms with Gasteiger partial charge in [-0.15, -0.1) is 0 Å². The minimum Gasteiger partial charge on any atom is -0.337 e. The SMILES string of the molecule is Cc1ccc(NC(=O)Cn2cc(/C=C3\C(=O)NC(=O)N(c4ccccc4C)C3=O)c3ccccc32)cc1. The van der Waals surface area contributed by atoms with Crippen LogP contribution in [-0.2, 0) is 20.9 Å². The predicted molar refractivity (Wildman–Crippen MR) is 142 cm³/mol. The maximum Gasteiger partial charge on any atom is 0.335 e. The van der Waals surface area contributed by atoms with Crippen LogP contribution in [0.25, 0.3) is 17.0 Å². The summed E-state index contributed by atoms with van der Waals surface area (Å²) in [4.78, 5) is 52.4. The van der Waals surface area contributed by atoms with Gasteiger partial charge in [-0.3, -0.25) is 19.7 Å². The van der Waals surface area contributed by atoms with Gasteiger partial charge in [-0.2, -0.15) is 0 Å². The number of imide groups is 2. The zero-order valence-electron chi connectivity index (χ0n) is 20.3. The first-order valence-electron chi connectivity index (χ1n) is 11.7. The smallest absolute Gasteiger partial charge is 0.335 e. The molecule has 1 aliphatic rings. The molecule has 1 aliphatic heterocycles. The van der Waals surface area contributed by atoms with E-state index < -0.39 is 17.8 Å². The van der Waals surface area contributed by atoms with Crippen molar-refractivity contribution in [2.24, 2.45) is 0 Å². The van der Waals surface area contributed by atoms with Crippen molar-refractivity contribution in [3.8, 4) is 0 Å². The summed E-state index contributed by atoms with van der Waals surface area (Å²) in [5, 5.41) is 5.91. The number of hydrogen-bond acceptors (Lipinski definition) is 4. The van der Waals surface area contributed by atoms with Crippen molar-refractivity contribution in [1.29, 1.82) is 0 Å². The first-order valence-corrected chi connectivity index (χ1v) is 11.7. The number of carbonyl (C=O) groups excluding carboxylic acids is 4. The second-order valence-electron chi connectivity index (χ2n) is 8.89. The number of para-hydroxylation sites is 2. The second kappa shape index (κ2) is 9.58. The molecule has 3 aromatic carbocycles. The molecule has 4 aromatic rings. The summed E-state index contributed by atoms with van der Waals surface area (Å²) in [6, 6.07) is 21.1. The number of urea groups is 1. The first-order chi connectivity index (χ1) is 17.8. The van der Waals surface area contributed by atoms with Crippen LogP contribution in [-0.4, -0.2) is 28.3 Å². The van der Waals surface area contributed by atoms with E-state index in [1.807, 2.05) is 55.5 Å². The number of nitrogens with one attached hydrogen (secondary N) is 2. The van der Waals surface area contributed by atoms with E-state index in [1.54, 1.807) is 42.0 Å². The number of amides is 5. The Balaban J connectivity index is 1.49. The van der Waals surface area contributed by atoms with E-state index in [4.69, 9.17) is 0 Å². The van der Waals surface area contributed by atoms with Crippen molar-refractivity contribution in [2.45, 2.75) is 20.4 Å². The minimum absolute atomic E-state index is 0.0333. The number of aromatic nitrogens is 1. The average molecular weight is 493 g/mol. The fourth-order valence-corrected chi connectivity index (χ4v) is 4.36. The number of benzene rings is 3. The third-order valence-electron chi connectivity index (χ3n) is 6.23. The van der Waals surface area contributed by atoms with E-state index in [2.05, 4.69) is 10.6 Å². The highest BCUT2D eigenvalue weighted by molar-refractivity contribution is 6.39. The lowest BCUT2D eigenvalue weighted by molar-refractivity contribution is -0.122. The molecule has 1 aromatic heterocycles. The van der Waals surface area contributed by atoms with Gasteiger partial charge in [0.1, 0.15) is 12.1 Å². The molecule has 1 fully saturated rings. The van der Waals surface area contributed by atoms with Crippen LogP contribution < -0.4 is 15.5 Å². The third-order valence-corrected chi connectivity index (χ3v) is 6.23. The number of hydrogen-bond donors (Lipinski definition) is 2. The van der Waals surface area contributed by atoms with Gasteiger partial charge >= 0.3 is 6.03 Å². The van der Waals surface area contributed by atoms with Crippen LogP contribution in [0.15, 0.2) is 84.6 Å². The lowest BCUT2D eigenvalue weighted by atomic mass is 10.1. The largest absolute Gasteiger partial charge is 0.337 e. The highest BCUT2D eigenvalue weighted by atomic mass is 16.2. The molecule has 184 valence electrons. The van der Waals surface area contributed by atoms with Crippen molar-refractivity contribution >= 4 is 52.1 Å². The summed E-state index contributed by atoms with van der Waals surface area (Å²) in [5.74, 6) is -1.70. The molecule has 0 atom stereocenters. The van der Waals surface area contributed by atoms with Crippen molar-refractivity contribution in [2.75, 3.05) is 10.2 Å². The summed E-state index contributed by atoms with van der Waals surface area (Å²) < 4.78 is 1.76. The van der Waals surface area contributed by atoms with Crippen molar-refractivity contribution in [1.82, 2.24) is 9.88 Å². The molecule has 0 spiro atoms. The summed E-state index contributed by atoms with van der Waals surface area (Å²) >= 11 is 0. The molecule has 1 saturated heterocycles. The highest BCUT2D eigenvalue weighted by Gasteiger charge is 2.37. The average Bonchev–Trinajstić information content (AvgIpc) is 3.21. The zero-order chi connectivity index (χ0) is 26.1. The van der Waals surface area contributed by atoms with Crippen LogP contribution in [0.4, 0.5) is 16.2 Å². The summed E-state index contributed by atoms with van der Waals surface area (Å²) in [7, 11) is 0. The van der Waals surface area contributed by atoms with Crippen LogP contribution in [0.3, 0.4) is 0 Å². The number of anilines is 2.